The van der Waals surface area contributed by atoms with E-state index in [1.807, 2.05) is 0 Å². The first-order valence-electron chi connectivity index (χ1n) is 17.8. The van der Waals surface area contributed by atoms with Gasteiger partial charge in [0.1, 0.15) is 0 Å². The van der Waals surface area contributed by atoms with Crippen LogP contribution in [-0.4, -0.2) is 4.57 Å². The Kier molecular flexibility index (Phi) is 6.56. The Hall–Kier alpha value is -6.38. The summed E-state index contributed by atoms with van der Waals surface area (Å²) in [7, 11) is 0. The number of hydrogen-bond donors (Lipinski definition) is 0. The molecule has 0 atom stereocenters. The molecule has 51 heavy (non-hydrogen) atoms. The summed E-state index contributed by atoms with van der Waals surface area (Å²) in [4.78, 5) is 2.48. The maximum Gasteiger partial charge on any atom is 0.0640 e. The van der Waals surface area contributed by atoms with E-state index in [2.05, 4.69) is 205 Å². The highest BCUT2D eigenvalue weighted by Crippen LogP contribution is 2.52. The number of fused-ring (bicyclic) bond motifs is 8. The molecule has 0 radical (unpaired) electrons. The van der Waals surface area contributed by atoms with Crippen LogP contribution < -0.4 is 4.90 Å². The molecule has 0 spiro atoms. The molecule has 0 unspecified atom stereocenters. The van der Waals surface area contributed by atoms with Crippen molar-refractivity contribution in [1.82, 2.24) is 4.57 Å². The first-order valence-corrected chi connectivity index (χ1v) is 17.8. The summed E-state index contributed by atoms with van der Waals surface area (Å²) in [5, 5.41) is 4.90. The smallest absolute Gasteiger partial charge is 0.0640 e. The molecular formula is C49H36N2. The van der Waals surface area contributed by atoms with Crippen LogP contribution in [0.5, 0.6) is 0 Å². The van der Waals surface area contributed by atoms with Crippen LogP contribution in [0.2, 0.25) is 0 Å². The van der Waals surface area contributed by atoms with Gasteiger partial charge in [-0.2, -0.15) is 0 Å². The van der Waals surface area contributed by atoms with Gasteiger partial charge in [-0.1, -0.05) is 147 Å². The lowest BCUT2D eigenvalue weighted by Crippen LogP contribution is -2.16. The van der Waals surface area contributed by atoms with Crippen molar-refractivity contribution in [2.24, 2.45) is 0 Å². The Morgan fingerprint density at radius 1 is 0.471 bits per heavy atom. The first kappa shape index (κ1) is 29.5. The van der Waals surface area contributed by atoms with Gasteiger partial charge in [-0.25, -0.2) is 0 Å². The molecule has 0 amide bonds. The second-order valence-corrected chi connectivity index (χ2v) is 14.2. The van der Waals surface area contributed by atoms with Crippen LogP contribution in [-0.2, 0) is 5.41 Å². The summed E-state index contributed by atoms with van der Waals surface area (Å²) in [6.07, 6.45) is 0. The van der Waals surface area contributed by atoms with Gasteiger partial charge in [0.15, 0.2) is 0 Å². The summed E-state index contributed by atoms with van der Waals surface area (Å²) in [5.74, 6) is 0. The largest absolute Gasteiger partial charge is 0.310 e. The van der Waals surface area contributed by atoms with E-state index in [1.54, 1.807) is 0 Å². The zero-order valence-electron chi connectivity index (χ0n) is 28.7. The van der Waals surface area contributed by atoms with E-state index >= 15 is 0 Å². The van der Waals surface area contributed by atoms with Gasteiger partial charge in [0.2, 0.25) is 0 Å². The van der Waals surface area contributed by atoms with Crippen molar-refractivity contribution < 1.29 is 0 Å². The summed E-state index contributed by atoms with van der Waals surface area (Å²) in [6.45, 7) is 4.72. The van der Waals surface area contributed by atoms with E-state index in [0.29, 0.717) is 0 Å². The van der Waals surface area contributed by atoms with Gasteiger partial charge in [-0.05, 0) is 87.3 Å². The third-order valence-corrected chi connectivity index (χ3v) is 10.9. The number of benzene rings is 8. The molecule has 1 aromatic heterocycles. The fraction of sp³-hybridized carbons (Fsp3) is 0.0612. The predicted molar refractivity (Wildman–Crippen MR) is 216 cm³/mol. The molecule has 1 aliphatic carbocycles. The Morgan fingerprint density at radius 3 is 1.94 bits per heavy atom. The molecule has 9 aromatic rings. The lowest BCUT2D eigenvalue weighted by Gasteiger charge is -2.29. The van der Waals surface area contributed by atoms with Crippen molar-refractivity contribution in [3.05, 3.63) is 193 Å². The van der Waals surface area contributed by atoms with Crippen molar-refractivity contribution in [3.8, 4) is 27.9 Å². The highest BCUT2D eigenvalue weighted by Gasteiger charge is 2.36. The van der Waals surface area contributed by atoms with Gasteiger partial charge < -0.3 is 9.47 Å². The molecule has 1 aliphatic rings. The van der Waals surface area contributed by atoms with Gasteiger partial charge in [0.05, 0.1) is 16.7 Å². The second kappa shape index (κ2) is 11.3. The van der Waals surface area contributed by atoms with Crippen LogP contribution in [0.4, 0.5) is 17.1 Å². The van der Waals surface area contributed by atoms with E-state index in [9.17, 15) is 0 Å². The zero-order valence-corrected chi connectivity index (χ0v) is 28.7. The van der Waals surface area contributed by atoms with E-state index < -0.39 is 0 Å². The van der Waals surface area contributed by atoms with Gasteiger partial charge in [0, 0.05) is 38.6 Å². The number of hydrogen-bond acceptors (Lipinski definition) is 1. The van der Waals surface area contributed by atoms with Crippen molar-refractivity contribution in [2.75, 3.05) is 4.90 Å². The third-order valence-electron chi connectivity index (χ3n) is 10.9. The lowest BCUT2D eigenvalue weighted by atomic mass is 9.82. The van der Waals surface area contributed by atoms with E-state index in [-0.39, 0.29) is 5.41 Å². The van der Waals surface area contributed by atoms with Gasteiger partial charge in [-0.15, -0.1) is 0 Å². The molecule has 2 heteroatoms. The second-order valence-electron chi connectivity index (χ2n) is 14.2. The monoisotopic (exact) mass is 652 g/mol. The highest BCUT2D eigenvalue weighted by molar-refractivity contribution is 6.25. The van der Waals surface area contributed by atoms with Crippen molar-refractivity contribution in [2.45, 2.75) is 19.3 Å². The maximum absolute atomic E-state index is 2.48. The van der Waals surface area contributed by atoms with Crippen molar-refractivity contribution in [3.63, 3.8) is 0 Å². The normalized spacial score (nSPS) is 13.1. The summed E-state index contributed by atoms with van der Waals surface area (Å²) in [5.41, 5.74) is 14.7. The number of aromatic nitrogens is 1. The number of para-hydroxylation sites is 2. The molecule has 10 rings (SSSR count). The van der Waals surface area contributed by atoms with Crippen molar-refractivity contribution in [1.29, 1.82) is 0 Å². The van der Waals surface area contributed by atoms with Crippen molar-refractivity contribution >= 4 is 49.6 Å². The van der Waals surface area contributed by atoms with Crippen LogP contribution in [0.25, 0.3) is 60.5 Å². The van der Waals surface area contributed by atoms with Gasteiger partial charge in [0.25, 0.3) is 0 Å². The predicted octanol–water partition coefficient (Wildman–Crippen LogP) is 13.4. The van der Waals surface area contributed by atoms with Crippen LogP contribution in [0, 0.1) is 0 Å². The van der Waals surface area contributed by atoms with Crippen LogP contribution in [0.15, 0.2) is 182 Å². The summed E-state index contributed by atoms with van der Waals surface area (Å²) in [6, 6.07) is 66.6. The molecule has 1 heterocycles. The minimum absolute atomic E-state index is 0.111. The minimum Gasteiger partial charge on any atom is -0.310 e. The first-order chi connectivity index (χ1) is 25.1. The van der Waals surface area contributed by atoms with Gasteiger partial charge >= 0.3 is 0 Å². The molecule has 0 aliphatic heterocycles. The Labute approximate surface area is 298 Å². The molecule has 0 bridgehead atoms. The summed E-state index contributed by atoms with van der Waals surface area (Å²) < 4.78 is 2.48. The average molecular weight is 653 g/mol. The molecule has 242 valence electrons. The van der Waals surface area contributed by atoms with Crippen LogP contribution in [0.1, 0.15) is 25.0 Å². The number of nitrogens with zero attached hydrogens (tertiary/aromatic N) is 2. The molecular weight excluding hydrogens is 617 g/mol. The Morgan fingerprint density at radius 2 is 1.14 bits per heavy atom. The molecule has 0 fully saturated rings. The standard InChI is InChI=1S/C49H36N2/c1-49(2)43-25-15-14-24-40(43)41-29-27-38(32-44(41)49)50(36-19-8-4-9-20-36)46-31-35-18-12-13-23-39(35)48-47(46)42-28-26-34(33-16-6-3-7-17-33)30-45(42)51(48)37-21-10-5-11-22-37/h3-32H,1-2H3. The Bertz CT molecular complexity index is 2760. The Balaban J connectivity index is 1.33. The quantitative estimate of drug-likeness (QED) is 0.180. The van der Waals surface area contributed by atoms with Crippen LogP contribution in [0.3, 0.4) is 0 Å². The summed E-state index contributed by atoms with van der Waals surface area (Å²) >= 11 is 0. The topological polar surface area (TPSA) is 8.17 Å². The van der Waals surface area contributed by atoms with Crippen LogP contribution >= 0.6 is 0 Å². The molecule has 0 saturated carbocycles. The lowest BCUT2D eigenvalue weighted by molar-refractivity contribution is 0.660. The zero-order chi connectivity index (χ0) is 34.1. The molecule has 0 saturated heterocycles. The van der Waals surface area contributed by atoms with E-state index in [4.69, 9.17) is 0 Å². The molecule has 0 N–H and O–H groups in total. The highest BCUT2D eigenvalue weighted by atomic mass is 15.1. The molecule has 2 nitrogen and oxygen atoms in total. The number of rotatable bonds is 5. The minimum atomic E-state index is -0.111. The SMILES string of the molecule is CC1(C)c2ccccc2-c2ccc(N(c3ccccc3)c3cc4ccccc4c4c3c3ccc(-c5ccccc5)cc3n4-c3ccccc3)cc21. The maximum atomic E-state index is 2.48. The van der Waals surface area contributed by atoms with E-state index in [1.165, 1.54) is 66.0 Å². The fourth-order valence-corrected chi connectivity index (χ4v) is 8.53. The third kappa shape index (κ3) is 4.50. The fourth-order valence-electron chi connectivity index (χ4n) is 8.53. The van der Waals surface area contributed by atoms with E-state index in [0.717, 1.165) is 22.7 Å². The van der Waals surface area contributed by atoms with Gasteiger partial charge in [-0.3, -0.25) is 0 Å². The molecule has 8 aromatic carbocycles. The number of anilines is 3. The average Bonchev–Trinajstić information content (AvgIpc) is 3.65.